The largest absolute Gasteiger partial charge is 0.497 e. The Labute approximate surface area is 189 Å². The van der Waals surface area contributed by atoms with Crippen molar-refractivity contribution in [3.05, 3.63) is 29.8 Å². The fourth-order valence-electron chi connectivity index (χ4n) is 5.12. The topological polar surface area (TPSA) is 97.0 Å². The Hall–Kier alpha value is -2.61. The van der Waals surface area contributed by atoms with Crippen molar-refractivity contribution >= 4 is 17.8 Å². The average molecular weight is 444 g/mol. The average Bonchev–Trinajstić information content (AvgIpc) is 3.42. The Morgan fingerprint density at radius 3 is 2.53 bits per heavy atom. The first-order valence-corrected chi connectivity index (χ1v) is 11.6. The highest BCUT2D eigenvalue weighted by Gasteiger charge is 2.44. The zero-order valence-corrected chi connectivity index (χ0v) is 18.7. The van der Waals surface area contributed by atoms with Crippen molar-refractivity contribution in [2.75, 3.05) is 26.9 Å². The van der Waals surface area contributed by atoms with E-state index in [1.54, 1.807) is 7.11 Å². The number of methoxy groups -OCH3 is 1. The third-order valence-electron chi connectivity index (χ3n) is 7.10. The maximum absolute atomic E-state index is 13.1. The highest BCUT2D eigenvalue weighted by Crippen LogP contribution is 2.37. The Morgan fingerprint density at radius 1 is 1.19 bits per heavy atom. The Morgan fingerprint density at radius 2 is 1.88 bits per heavy atom. The van der Waals surface area contributed by atoms with Gasteiger partial charge in [0.25, 0.3) is 5.91 Å². The van der Waals surface area contributed by atoms with E-state index in [0.717, 1.165) is 49.8 Å². The van der Waals surface area contributed by atoms with Crippen LogP contribution in [-0.2, 0) is 19.7 Å². The number of benzene rings is 1. The predicted molar refractivity (Wildman–Crippen MR) is 118 cm³/mol. The van der Waals surface area contributed by atoms with E-state index >= 15 is 0 Å². The van der Waals surface area contributed by atoms with Crippen molar-refractivity contribution in [1.82, 2.24) is 15.5 Å². The van der Waals surface area contributed by atoms with Gasteiger partial charge in [0.05, 0.1) is 7.11 Å². The smallest absolute Gasteiger partial charge is 0.324 e. The lowest BCUT2D eigenvalue weighted by atomic mass is 9.73. The number of nitrogens with zero attached hydrogens (tertiary/aromatic N) is 1. The quantitative estimate of drug-likeness (QED) is 0.602. The van der Waals surface area contributed by atoms with E-state index < -0.39 is 6.04 Å². The first kappa shape index (κ1) is 22.6. The Bertz CT molecular complexity index is 829. The maximum Gasteiger partial charge on any atom is 0.324 e. The molecule has 1 atom stereocenters. The second-order valence-electron chi connectivity index (χ2n) is 9.14. The number of urea groups is 1. The monoisotopic (exact) mass is 443 g/mol. The zero-order valence-electron chi connectivity index (χ0n) is 18.7. The van der Waals surface area contributed by atoms with Gasteiger partial charge in [0.15, 0.2) is 0 Å². The molecule has 32 heavy (non-hydrogen) atoms. The number of rotatable bonds is 8. The molecule has 1 aromatic carbocycles. The van der Waals surface area contributed by atoms with Crippen LogP contribution in [0.4, 0.5) is 4.79 Å². The lowest BCUT2D eigenvalue weighted by molar-refractivity contribution is -0.129. The number of carbonyl (C=O) groups is 3. The summed E-state index contributed by atoms with van der Waals surface area (Å²) in [6.45, 7) is 1.47. The molecule has 8 nitrogen and oxygen atoms in total. The minimum absolute atomic E-state index is 0.0449. The van der Waals surface area contributed by atoms with Gasteiger partial charge >= 0.3 is 6.03 Å². The fourth-order valence-corrected chi connectivity index (χ4v) is 5.12. The summed E-state index contributed by atoms with van der Waals surface area (Å²) < 4.78 is 10.8. The molecule has 0 spiro atoms. The molecule has 4 amide bonds. The van der Waals surface area contributed by atoms with Crippen LogP contribution in [0, 0.1) is 0 Å². The number of amides is 4. The highest BCUT2D eigenvalue weighted by atomic mass is 16.5. The standard InChI is InChI=1S/C24H33N3O5/c1-31-19-8-6-17(7-9-19)24(12-14-32-15-13-24)16-27-22(29)20(26-23(27)30)10-11-21(28)25-18-4-2-3-5-18/h6-9,18,20H,2-5,10-16H2,1H3,(H,25,28)(H,26,30)/t20-/m0/s1. The summed E-state index contributed by atoms with van der Waals surface area (Å²) in [4.78, 5) is 39.4. The summed E-state index contributed by atoms with van der Waals surface area (Å²) in [5.41, 5.74) is 0.716. The minimum atomic E-state index is -0.649. The van der Waals surface area contributed by atoms with Gasteiger partial charge in [-0.05, 0) is 49.8 Å². The SMILES string of the molecule is COc1ccc(C2(CN3C(=O)N[C@@H](CCC(=O)NC4CCCC4)C3=O)CCOCC2)cc1. The predicted octanol–water partition coefficient (Wildman–Crippen LogP) is 2.50. The van der Waals surface area contributed by atoms with Crippen LogP contribution in [0.1, 0.15) is 56.9 Å². The lowest BCUT2D eigenvalue weighted by Gasteiger charge is -2.39. The van der Waals surface area contributed by atoms with Crippen molar-refractivity contribution in [3.8, 4) is 5.75 Å². The van der Waals surface area contributed by atoms with Crippen LogP contribution in [0.15, 0.2) is 24.3 Å². The third kappa shape index (κ3) is 4.90. The molecule has 4 rings (SSSR count). The Kier molecular flexibility index (Phi) is 6.98. The van der Waals surface area contributed by atoms with E-state index in [1.807, 2.05) is 24.3 Å². The second kappa shape index (κ2) is 9.90. The van der Waals surface area contributed by atoms with Gasteiger partial charge in [-0.3, -0.25) is 14.5 Å². The molecule has 1 saturated carbocycles. The molecular formula is C24H33N3O5. The van der Waals surface area contributed by atoms with Crippen molar-refractivity contribution in [3.63, 3.8) is 0 Å². The molecular weight excluding hydrogens is 410 g/mol. The first-order valence-electron chi connectivity index (χ1n) is 11.6. The zero-order chi connectivity index (χ0) is 22.6. The van der Waals surface area contributed by atoms with Gasteiger partial charge in [0.2, 0.25) is 5.91 Å². The minimum Gasteiger partial charge on any atom is -0.497 e. The number of hydrogen-bond acceptors (Lipinski definition) is 5. The van der Waals surface area contributed by atoms with Gasteiger partial charge in [-0.15, -0.1) is 0 Å². The lowest BCUT2D eigenvalue weighted by Crippen LogP contribution is -2.47. The van der Waals surface area contributed by atoms with E-state index in [1.165, 1.54) is 4.90 Å². The van der Waals surface area contributed by atoms with Crippen molar-refractivity contribution in [2.45, 2.75) is 68.9 Å². The van der Waals surface area contributed by atoms with Gasteiger partial charge in [-0.2, -0.15) is 0 Å². The van der Waals surface area contributed by atoms with E-state index in [-0.39, 0.29) is 35.7 Å². The summed E-state index contributed by atoms with van der Waals surface area (Å²) in [5, 5.41) is 5.83. The summed E-state index contributed by atoms with van der Waals surface area (Å²) in [6, 6.07) is 7.06. The molecule has 3 aliphatic rings. The van der Waals surface area contributed by atoms with E-state index in [2.05, 4.69) is 10.6 Å². The molecule has 2 aliphatic heterocycles. The second-order valence-corrected chi connectivity index (χ2v) is 9.14. The van der Waals surface area contributed by atoms with Gasteiger partial charge in [0.1, 0.15) is 11.8 Å². The maximum atomic E-state index is 13.1. The molecule has 0 aromatic heterocycles. The van der Waals surface area contributed by atoms with Crippen LogP contribution in [0.3, 0.4) is 0 Å². The van der Waals surface area contributed by atoms with Crippen molar-refractivity contribution in [2.24, 2.45) is 0 Å². The molecule has 3 fully saturated rings. The molecule has 2 heterocycles. The van der Waals surface area contributed by atoms with Crippen LogP contribution in [-0.4, -0.2) is 61.7 Å². The third-order valence-corrected chi connectivity index (χ3v) is 7.10. The summed E-state index contributed by atoms with van der Waals surface area (Å²) in [5.74, 6) is 0.474. The number of ether oxygens (including phenoxy) is 2. The van der Waals surface area contributed by atoms with Gasteiger partial charge in [-0.1, -0.05) is 25.0 Å². The first-order chi connectivity index (χ1) is 15.5. The Balaban J connectivity index is 1.40. The molecule has 0 bridgehead atoms. The van der Waals surface area contributed by atoms with Crippen LogP contribution in [0.5, 0.6) is 5.75 Å². The summed E-state index contributed by atoms with van der Waals surface area (Å²) in [6.07, 6.45) is 6.36. The van der Waals surface area contributed by atoms with E-state index in [0.29, 0.717) is 26.2 Å². The van der Waals surface area contributed by atoms with Crippen LogP contribution in [0.2, 0.25) is 0 Å². The number of imide groups is 1. The molecule has 174 valence electrons. The number of nitrogens with one attached hydrogen (secondary N) is 2. The van der Waals surface area contributed by atoms with Gasteiger partial charge in [-0.25, -0.2) is 4.79 Å². The fraction of sp³-hybridized carbons (Fsp3) is 0.625. The molecule has 0 unspecified atom stereocenters. The summed E-state index contributed by atoms with van der Waals surface area (Å²) >= 11 is 0. The number of hydrogen-bond donors (Lipinski definition) is 2. The summed E-state index contributed by atoms with van der Waals surface area (Å²) in [7, 11) is 1.63. The van der Waals surface area contributed by atoms with Gasteiger partial charge < -0.3 is 20.1 Å². The van der Waals surface area contributed by atoms with Crippen molar-refractivity contribution < 1.29 is 23.9 Å². The highest BCUT2D eigenvalue weighted by molar-refractivity contribution is 6.04. The molecule has 2 N–H and O–H groups in total. The number of carbonyl (C=O) groups excluding carboxylic acids is 3. The molecule has 0 radical (unpaired) electrons. The molecule has 1 aromatic rings. The normalized spacial score (nSPS) is 23.3. The van der Waals surface area contributed by atoms with Crippen molar-refractivity contribution in [1.29, 1.82) is 0 Å². The molecule has 8 heteroatoms. The van der Waals surface area contributed by atoms with Gasteiger partial charge in [0, 0.05) is 37.6 Å². The van der Waals surface area contributed by atoms with Crippen LogP contribution in [0.25, 0.3) is 0 Å². The molecule has 2 saturated heterocycles. The van der Waals surface area contributed by atoms with E-state index in [9.17, 15) is 14.4 Å². The van der Waals surface area contributed by atoms with Crippen LogP contribution >= 0.6 is 0 Å². The van der Waals surface area contributed by atoms with Crippen LogP contribution < -0.4 is 15.4 Å². The molecule has 1 aliphatic carbocycles. The van der Waals surface area contributed by atoms with E-state index in [4.69, 9.17) is 9.47 Å².